The lowest BCUT2D eigenvalue weighted by Crippen LogP contribution is -2.22. The molecule has 6 nitrogen and oxygen atoms in total. The van der Waals surface area contributed by atoms with Gasteiger partial charge in [-0.25, -0.2) is 9.78 Å². The standard InChI is InChI=1S/C22H27N3O3/c1-15(10-16(2)23-3)13-25-14-18(12-24-22(25)27)17-8-9-20(26)21(11-17)28-19-6-4-5-7-19/h8-12,14,19,26H,4-7,13H2,1-3H3/b15-10+,23-16?. The number of aromatic hydroxyl groups is 1. The van der Waals surface area contributed by atoms with E-state index in [0.717, 1.165) is 48.1 Å². The number of rotatable bonds is 6. The van der Waals surface area contributed by atoms with Crippen LogP contribution >= 0.6 is 0 Å². The summed E-state index contributed by atoms with van der Waals surface area (Å²) in [4.78, 5) is 20.3. The van der Waals surface area contributed by atoms with Crippen molar-refractivity contribution in [3.8, 4) is 22.6 Å². The minimum atomic E-state index is -0.302. The molecule has 0 radical (unpaired) electrons. The number of phenolic OH excluding ortho intramolecular Hbond substituents is 1. The van der Waals surface area contributed by atoms with Crippen LogP contribution in [0.3, 0.4) is 0 Å². The first-order valence-electron chi connectivity index (χ1n) is 9.63. The Bertz CT molecular complexity index is 954. The monoisotopic (exact) mass is 381 g/mol. The third-order valence-corrected chi connectivity index (χ3v) is 4.97. The van der Waals surface area contributed by atoms with Crippen molar-refractivity contribution in [2.45, 2.75) is 52.2 Å². The van der Waals surface area contributed by atoms with Crippen molar-refractivity contribution in [3.63, 3.8) is 0 Å². The maximum atomic E-state index is 12.2. The van der Waals surface area contributed by atoms with Gasteiger partial charge < -0.3 is 9.84 Å². The van der Waals surface area contributed by atoms with E-state index in [-0.39, 0.29) is 17.5 Å². The molecule has 0 atom stereocenters. The molecule has 0 bridgehead atoms. The second kappa shape index (κ2) is 8.87. The number of aliphatic imine (C=N–C) groups is 1. The van der Waals surface area contributed by atoms with E-state index in [2.05, 4.69) is 9.98 Å². The van der Waals surface area contributed by atoms with Crippen molar-refractivity contribution in [3.05, 3.63) is 52.7 Å². The number of nitrogens with zero attached hydrogens (tertiary/aromatic N) is 3. The predicted octanol–water partition coefficient (Wildman–Crippen LogP) is 3.97. The van der Waals surface area contributed by atoms with Crippen LogP contribution in [0.2, 0.25) is 0 Å². The van der Waals surface area contributed by atoms with Crippen molar-refractivity contribution in [1.29, 1.82) is 0 Å². The molecule has 1 aromatic carbocycles. The molecular weight excluding hydrogens is 354 g/mol. The maximum absolute atomic E-state index is 12.2. The Morgan fingerprint density at radius 3 is 2.79 bits per heavy atom. The van der Waals surface area contributed by atoms with Gasteiger partial charge in [0.2, 0.25) is 0 Å². The maximum Gasteiger partial charge on any atom is 0.347 e. The zero-order chi connectivity index (χ0) is 20.1. The molecule has 1 aliphatic carbocycles. The second-order valence-corrected chi connectivity index (χ2v) is 7.32. The highest BCUT2D eigenvalue weighted by Gasteiger charge is 2.18. The Labute approximate surface area is 165 Å². The molecule has 0 amide bonds. The molecule has 1 heterocycles. The quantitative estimate of drug-likeness (QED) is 0.768. The molecular formula is C22H27N3O3. The minimum absolute atomic E-state index is 0.130. The van der Waals surface area contributed by atoms with Crippen LogP contribution in [0.5, 0.6) is 11.5 Å². The Hall–Kier alpha value is -2.89. The van der Waals surface area contributed by atoms with Gasteiger partial charge >= 0.3 is 5.69 Å². The normalized spacial score (nSPS) is 15.8. The molecule has 1 aliphatic rings. The summed E-state index contributed by atoms with van der Waals surface area (Å²) in [6.45, 7) is 4.32. The first kappa shape index (κ1) is 19.9. The van der Waals surface area contributed by atoms with E-state index in [0.29, 0.717) is 12.3 Å². The van der Waals surface area contributed by atoms with Crippen LogP contribution in [-0.2, 0) is 6.54 Å². The van der Waals surface area contributed by atoms with E-state index in [1.807, 2.05) is 26.0 Å². The van der Waals surface area contributed by atoms with E-state index in [9.17, 15) is 9.90 Å². The molecule has 6 heteroatoms. The molecule has 1 N–H and O–H groups in total. The molecule has 3 rings (SSSR count). The van der Waals surface area contributed by atoms with E-state index in [1.165, 1.54) is 0 Å². The van der Waals surface area contributed by atoms with E-state index < -0.39 is 0 Å². The van der Waals surface area contributed by atoms with Gasteiger partial charge in [0, 0.05) is 37.3 Å². The van der Waals surface area contributed by atoms with Gasteiger partial charge in [-0.15, -0.1) is 0 Å². The number of benzene rings is 1. The summed E-state index contributed by atoms with van der Waals surface area (Å²) in [5.41, 5.74) is 3.26. The highest BCUT2D eigenvalue weighted by Crippen LogP contribution is 2.34. The molecule has 1 saturated carbocycles. The van der Waals surface area contributed by atoms with Crippen LogP contribution in [0.15, 0.2) is 52.0 Å². The number of ether oxygens (including phenoxy) is 1. The molecule has 148 valence electrons. The first-order valence-corrected chi connectivity index (χ1v) is 9.63. The van der Waals surface area contributed by atoms with Crippen LogP contribution < -0.4 is 10.4 Å². The fourth-order valence-corrected chi connectivity index (χ4v) is 3.43. The van der Waals surface area contributed by atoms with Crippen LogP contribution in [0.4, 0.5) is 0 Å². The molecule has 2 aromatic rings. The molecule has 0 unspecified atom stereocenters. The minimum Gasteiger partial charge on any atom is -0.504 e. The van der Waals surface area contributed by atoms with Crippen molar-refractivity contribution >= 4 is 5.71 Å². The van der Waals surface area contributed by atoms with Crippen LogP contribution in [0, 0.1) is 0 Å². The summed E-state index contributed by atoms with van der Waals surface area (Å²) in [7, 11) is 1.74. The van der Waals surface area contributed by atoms with E-state index in [1.54, 1.807) is 36.1 Å². The highest BCUT2D eigenvalue weighted by molar-refractivity contribution is 5.93. The number of hydrogen-bond donors (Lipinski definition) is 1. The Morgan fingerprint density at radius 1 is 1.32 bits per heavy atom. The largest absolute Gasteiger partial charge is 0.504 e. The zero-order valence-electron chi connectivity index (χ0n) is 16.7. The van der Waals surface area contributed by atoms with Gasteiger partial charge in [0.1, 0.15) is 0 Å². The average molecular weight is 381 g/mol. The summed E-state index contributed by atoms with van der Waals surface area (Å²) in [5.74, 6) is 0.609. The Morgan fingerprint density at radius 2 is 2.07 bits per heavy atom. The van der Waals surface area contributed by atoms with Gasteiger partial charge in [0.15, 0.2) is 11.5 Å². The van der Waals surface area contributed by atoms with Crippen molar-refractivity contribution in [2.75, 3.05) is 7.05 Å². The van der Waals surface area contributed by atoms with E-state index in [4.69, 9.17) is 4.74 Å². The lowest BCUT2D eigenvalue weighted by molar-refractivity contribution is 0.202. The van der Waals surface area contributed by atoms with Gasteiger partial charge in [-0.05, 0) is 63.3 Å². The predicted molar refractivity (Wildman–Crippen MR) is 111 cm³/mol. The Kier molecular flexibility index (Phi) is 6.29. The van der Waals surface area contributed by atoms with Gasteiger partial charge in [-0.3, -0.25) is 9.56 Å². The summed E-state index contributed by atoms with van der Waals surface area (Å²) >= 11 is 0. The molecule has 28 heavy (non-hydrogen) atoms. The van der Waals surface area contributed by atoms with E-state index >= 15 is 0 Å². The van der Waals surface area contributed by atoms with Crippen molar-refractivity contribution < 1.29 is 9.84 Å². The van der Waals surface area contributed by atoms with Gasteiger partial charge in [0.25, 0.3) is 0 Å². The second-order valence-electron chi connectivity index (χ2n) is 7.32. The molecule has 0 saturated heterocycles. The number of phenols is 1. The fourth-order valence-electron chi connectivity index (χ4n) is 3.43. The average Bonchev–Trinajstić information content (AvgIpc) is 3.18. The zero-order valence-corrected chi connectivity index (χ0v) is 16.7. The summed E-state index contributed by atoms with van der Waals surface area (Å²) in [6.07, 6.45) is 9.81. The lowest BCUT2D eigenvalue weighted by atomic mass is 10.1. The van der Waals surface area contributed by atoms with Gasteiger partial charge in [-0.1, -0.05) is 11.6 Å². The van der Waals surface area contributed by atoms with Gasteiger partial charge in [0.05, 0.1) is 6.10 Å². The molecule has 0 spiro atoms. The molecule has 1 fully saturated rings. The fraction of sp³-hybridized carbons (Fsp3) is 0.409. The number of allylic oxidation sites excluding steroid dienone is 2. The first-order chi connectivity index (χ1) is 13.5. The van der Waals surface area contributed by atoms with Crippen LogP contribution in [-0.4, -0.2) is 33.5 Å². The van der Waals surface area contributed by atoms with Crippen LogP contribution in [0.1, 0.15) is 39.5 Å². The smallest absolute Gasteiger partial charge is 0.347 e. The topological polar surface area (TPSA) is 76.7 Å². The third kappa shape index (κ3) is 4.88. The van der Waals surface area contributed by atoms with Crippen molar-refractivity contribution in [2.24, 2.45) is 4.99 Å². The van der Waals surface area contributed by atoms with Crippen molar-refractivity contribution in [1.82, 2.24) is 9.55 Å². The summed E-state index contributed by atoms with van der Waals surface area (Å²) in [5, 5.41) is 10.2. The Balaban J connectivity index is 1.87. The SMILES string of the molecule is CN=C(C)/C=C(\C)Cn1cc(-c2ccc(O)c(OC3CCCC3)c2)cnc1=O. The number of aromatic nitrogens is 2. The van der Waals surface area contributed by atoms with Gasteiger partial charge in [-0.2, -0.15) is 0 Å². The third-order valence-electron chi connectivity index (χ3n) is 4.97. The highest BCUT2D eigenvalue weighted by atomic mass is 16.5. The number of hydrogen-bond acceptors (Lipinski definition) is 5. The molecule has 1 aromatic heterocycles. The lowest BCUT2D eigenvalue weighted by Gasteiger charge is -2.15. The van der Waals surface area contributed by atoms with Crippen LogP contribution in [0.25, 0.3) is 11.1 Å². The molecule has 0 aliphatic heterocycles. The summed E-state index contributed by atoms with van der Waals surface area (Å²) < 4.78 is 7.56. The summed E-state index contributed by atoms with van der Waals surface area (Å²) in [6, 6.07) is 5.25.